The summed E-state index contributed by atoms with van der Waals surface area (Å²) in [4.78, 5) is 11.8. The van der Waals surface area contributed by atoms with E-state index >= 15 is 0 Å². The summed E-state index contributed by atoms with van der Waals surface area (Å²) < 4.78 is 1.89. The van der Waals surface area contributed by atoms with Gasteiger partial charge in [0.25, 0.3) is 0 Å². The Morgan fingerprint density at radius 2 is 2.20 bits per heavy atom. The van der Waals surface area contributed by atoms with Crippen LogP contribution in [-0.2, 0) is 4.79 Å². The number of pyridine rings is 1. The van der Waals surface area contributed by atoms with Crippen LogP contribution in [0.3, 0.4) is 0 Å². The van der Waals surface area contributed by atoms with Gasteiger partial charge in [0.05, 0.1) is 6.04 Å². The molecule has 1 amide bonds. The van der Waals surface area contributed by atoms with Crippen molar-refractivity contribution in [1.29, 1.82) is 0 Å². The molecule has 0 fully saturated rings. The second kappa shape index (κ2) is 7.00. The van der Waals surface area contributed by atoms with Crippen LogP contribution in [0, 0.1) is 0 Å². The van der Waals surface area contributed by atoms with E-state index in [-0.39, 0.29) is 11.9 Å². The van der Waals surface area contributed by atoms with Gasteiger partial charge >= 0.3 is 0 Å². The summed E-state index contributed by atoms with van der Waals surface area (Å²) in [7, 11) is 0. The number of nitrogens with one attached hydrogen (secondary N) is 1. The van der Waals surface area contributed by atoms with Gasteiger partial charge in [-0.05, 0) is 38.4 Å². The molecule has 0 saturated carbocycles. The fourth-order valence-electron chi connectivity index (χ4n) is 2.14. The molecule has 0 radical (unpaired) electrons. The number of nitrogens with two attached hydrogens (primary N) is 1. The van der Waals surface area contributed by atoms with Crippen LogP contribution in [0.5, 0.6) is 0 Å². The van der Waals surface area contributed by atoms with Crippen LogP contribution in [0.4, 0.5) is 0 Å². The van der Waals surface area contributed by atoms with E-state index in [1.165, 1.54) is 0 Å². The summed E-state index contributed by atoms with van der Waals surface area (Å²) in [5.74, 6) is 0.790. The van der Waals surface area contributed by atoms with E-state index in [4.69, 9.17) is 5.73 Å². The predicted molar refractivity (Wildman–Crippen MR) is 77.1 cm³/mol. The summed E-state index contributed by atoms with van der Waals surface area (Å²) in [6.45, 7) is 2.60. The molecule has 3 N–H and O–H groups in total. The molecule has 2 aromatic heterocycles. The monoisotopic (exact) mass is 275 g/mol. The van der Waals surface area contributed by atoms with Gasteiger partial charge in [0.15, 0.2) is 11.5 Å². The van der Waals surface area contributed by atoms with Crippen LogP contribution < -0.4 is 11.1 Å². The van der Waals surface area contributed by atoms with Crippen molar-refractivity contribution < 1.29 is 4.79 Å². The maximum absolute atomic E-state index is 11.8. The van der Waals surface area contributed by atoms with Crippen LogP contribution in [0.1, 0.15) is 44.5 Å². The smallest absolute Gasteiger partial charge is 0.220 e. The Hall–Kier alpha value is -1.95. The molecular weight excluding hydrogens is 254 g/mol. The van der Waals surface area contributed by atoms with Crippen molar-refractivity contribution in [3.05, 3.63) is 30.2 Å². The van der Waals surface area contributed by atoms with Crippen molar-refractivity contribution in [2.24, 2.45) is 5.73 Å². The fourth-order valence-corrected chi connectivity index (χ4v) is 2.14. The molecule has 2 rings (SSSR count). The van der Waals surface area contributed by atoms with Gasteiger partial charge in [-0.15, -0.1) is 10.2 Å². The highest BCUT2D eigenvalue weighted by molar-refractivity contribution is 5.76. The first-order valence-corrected chi connectivity index (χ1v) is 7.01. The average Bonchev–Trinajstić information content (AvgIpc) is 2.87. The zero-order chi connectivity index (χ0) is 14.4. The number of amides is 1. The van der Waals surface area contributed by atoms with Crippen molar-refractivity contribution in [1.82, 2.24) is 19.9 Å². The molecule has 1 atom stereocenters. The lowest BCUT2D eigenvalue weighted by Gasteiger charge is -2.12. The van der Waals surface area contributed by atoms with Gasteiger partial charge in [0.1, 0.15) is 0 Å². The molecule has 6 nitrogen and oxygen atoms in total. The van der Waals surface area contributed by atoms with E-state index in [0.29, 0.717) is 13.0 Å². The second-order valence-electron chi connectivity index (χ2n) is 4.88. The van der Waals surface area contributed by atoms with Gasteiger partial charge in [0, 0.05) is 12.6 Å². The van der Waals surface area contributed by atoms with Crippen LogP contribution in [-0.4, -0.2) is 27.0 Å². The topological polar surface area (TPSA) is 85.3 Å². The molecule has 0 aliphatic heterocycles. The number of aromatic nitrogens is 3. The maximum atomic E-state index is 11.8. The number of nitrogens with zero attached hydrogens (tertiary/aromatic N) is 3. The molecule has 0 bridgehead atoms. The molecule has 2 heterocycles. The SMILES string of the molecule is CC(NC(=O)CCCCCN)c1nnc2ccccn12. The van der Waals surface area contributed by atoms with E-state index in [0.717, 1.165) is 30.7 Å². The average molecular weight is 275 g/mol. The summed E-state index contributed by atoms with van der Waals surface area (Å²) in [6, 6.07) is 5.56. The van der Waals surface area contributed by atoms with Crippen molar-refractivity contribution in [2.75, 3.05) is 6.54 Å². The minimum atomic E-state index is -0.158. The minimum Gasteiger partial charge on any atom is -0.346 e. The van der Waals surface area contributed by atoms with Crippen LogP contribution in [0.25, 0.3) is 5.65 Å². The zero-order valence-corrected chi connectivity index (χ0v) is 11.7. The van der Waals surface area contributed by atoms with Crippen LogP contribution in [0.15, 0.2) is 24.4 Å². The third-order valence-corrected chi connectivity index (χ3v) is 3.21. The number of unbranched alkanes of at least 4 members (excludes halogenated alkanes) is 2. The minimum absolute atomic E-state index is 0.0437. The van der Waals surface area contributed by atoms with E-state index in [1.54, 1.807) is 0 Å². The molecule has 0 aromatic carbocycles. The first-order chi connectivity index (χ1) is 9.72. The molecule has 108 valence electrons. The number of carbonyl (C=O) groups excluding carboxylic acids is 1. The largest absolute Gasteiger partial charge is 0.346 e. The second-order valence-corrected chi connectivity index (χ2v) is 4.88. The molecule has 6 heteroatoms. The van der Waals surface area contributed by atoms with Crippen molar-refractivity contribution in [3.8, 4) is 0 Å². The summed E-state index contributed by atoms with van der Waals surface area (Å²) in [5, 5.41) is 11.2. The molecular formula is C14H21N5O. The molecule has 0 spiro atoms. The number of hydrogen-bond acceptors (Lipinski definition) is 4. The number of rotatable bonds is 7. The van der Waals surface area contributed by atoms with E-state index in [2.05, 4.69) is 15.5 Å². The number of carbonyl (C=O) groups is 1. The highest BCUT2D eigenvalue weighted by Crippen LogP contribution is 2.12. The van der Waals surface area contributed by atoms with Crippen molar-refractivity contribution in [3.63, 3.8) is 0 Å². The third kappa shape index (κ3) is 3.54. The first kappa shape index (κ1) is 14.5. The highest BCUT2D eigenvalue weighted by atomic mass is 16.1. The Bertz CT molecular complexity index is 565. The molecule has 0 aliphatic carbocycles. The Morgan fingerprint density at radius 1 is 1.35 bits per heavy atom. The van der Waals surface area contributed by atoms with Gasteiger partial charge in [-0.2, -0.15) is 0 Å². The Morgan fingerprint density at radius 3 is 3.00 bits per heavy atom. The van der Waals surface area contributed by atoms with Crippen LogP contribution >= 0.6 is 0 Å². The van der Waals surface area contributed by atoms with Crippen molar-refractivity contribution in [2.45, 2.75) is 38.6 Å². The van der Waals surface area contributed by atoms with E-state index in [1.807, 2.05) is 35.7 Å². The van der Waals surface area contributed by atoms with Crippen molar-refractivity contribution >= 4 is 11.6 Å². The third-order valence-electron chi connectivity index (χ3n) is 3.21. The number of hydrogen-bond donors (Lipinski definition) is 2. The quantitative estimate of drug-likeness (QED) is 0.748. The summed E-state index contributed by atoms with van der Waals surface area (Å²) in [6.07, 6.45) is 5.26. The maximum Gasteiger partial charge on any atom is 0.220 e. The Labute approximate surface area is 118 Å². The summed E-state index contributed by atoms with van der Waals surface area (Å²) in [5.41, 5.74) is 6.21. The Kier molecular flexibility index (Phi) is 5.06. The van der Waals surface area contributed by atoms with E-state index in [9.17, 15) is 4.79 Å². The van der Waals surface area contributed by atoms with Gasteiger partial charge in [0.2, 0.25) is 5.91 Å². The zero-order valence-electron chi connectivity index (χ0n) is 11.7. The lowest BCUT2D eigenvalue weighted by atomic mass is 10.2. The van der Waals surface area contributed by atoms with Gasteiger partial charge < -0.3 is 11.1 Å². The molecule has 0 aliphatic rings. The molecule has 1 unspecified atom stereocenters. The lowest BCUT2D eigenvalue weighted by molar-refractivity contribution is -0.121. The van der Waals surface area contributed by atoms with E-state index < -0.39 is 0 Å². The standard InChI is InChI=1S/C14H21N5O/c1-11(16-13(20)8-3-2-5-9-15)14-18-17-12-7-4-6-10-19(12)14/h4,6-7,10-11H,2-3,5,8-9,15H2,1H3,(H,16,20). The van der Waals surface area contributed by atoms with Gasteiger partial charge in [-0.3, -0.25) is 9.20 Å². The first-order valence-electron chi connectivity index (χ1n) is 7.01. The molecule has 20 heavy (non-hydrogen) atoms. The van der Waals surface area contributed by atoms with Gasteiger partial charge in [-0.1, -0.05) is 12.5 Å². The fraction of sp³-hybridized carbons (Fsp3) is 0.500. The van der Waals surface area contributed by atoms with Gasteiger partial charge in [-0.25, -0.2) is 0 Å². The molecule has 2 aromatic rings. The lowest BCUT2D eigenvalue weighted by Crippen LogP contribution is -2.27. The Balaban J connectivity index is 1.91. The normalized spacial score (nSPS) is 12.5. The summed E-state index contributed by atoms with van der Waals surface area (Å²) >= 11 is 0. The predicted octanol–water partition coefficient (Wildman–Crippen LogP) is 1.43. The van der Waals surface area contributed by atoms with Crippen LogP contribution in [0.2, 0.25) is 0 Å². The number of fused-ring (bicyclic) bond motifs is 1. The molecule has 0 saturated heterocycles. The highest BCUT2D eigenvalue weighted by Gasteiger charge is 2.15.